The highest BCUT2D eigenvalue weighted by Gasteiger charge is 2.38. The minimum atomic E-state index is -4.69. The van der Waals surface area contributed by atoms with Crippen LogP contribution >= 0.6 is 0 Å². The van der Waals surface area contributed by atoms with Gasteiger partial charge in [0.05, 0.1) is 22.2 Å². The zero-order valence-electron chi connectivity index (χ0n) is 27.3. The van der Waals surface area contributed by atoms with Crippen molar-refractivity contribution in [3.05, 3.63) is 117 Å². The summed E-state index contributed by atoms with van der Waals surface area (Å²) in [4.78, 5) is 37.0. The van der Waals surface area contributed by atoms with Gasteiger partial charge in [-0.05, 0) is 98.6 Å². The quantitative estimate of drug-likeness (QED) is 0.173. The van der Waals surface area contributed by atoms with Gasteiger partial charge in [-0.15, -0.1) is 0 Å². The van der Waals surface area contributed by atoms with Gasteiger partial charge in [-0.25, -0.2) is 4.39 Å². The third-order valence-electron chi connectivity index (χ3n) is 8.07. The second-order valence-corrected chi connectivity index (χ2v) is 11.9. The van der Waals surface area contributed by atoms with Crippen LogP contribution in [0.1, 0.15) is 39.0 Å². The topological polar surface area (TPSA) is 91.6 Å². The highest BCUT2D eigenvalue weighted by Crippen LogP contribution is 2.42. The number of hydrogen-bond donors (Lipinski definition) is 2. The van der Waals surface area contributed by atoms with Crippen molar-refractivity contribution in [3.63, 3.8) is 0 Å². The number of rotatable bonds is 8. The van der Waals surface area contributed by atoms with E-state index in [9.17, 15) is 31.9 Å². The van der Waals surface area contributed by atoms with E-state index >= 15 is 0 Å². The highest BCUT2D eigenvalue weighted by atomic mass is 19.4. The predicted molar refractivity (Wildman–Crippen MR) is 180 cm³/mol. The molecule has 0 radical (unpaired) electrons. The summed E-state index contributed by atoms with van der Waals surface area (Å²) in [6.45, 7) is 3.82. The van der Waals surface area contributed by atoms with Crippen LogP contribution in [-0.2, 0) is 24.4 Å². The van der Waals surface area contributed by atoms with Gasteiger partial charge in [0.2, 0.25) is 0 Å². The molecule has 0 aliphatic carbocycles. The fraction of sp³-hybridized carbons (Fsp3) is 0.270. The number of carboxylic acid groups (broad SMARTS) is 1. The summed E-state index contributed by atoms with van der Waals surface area (Å²) in [5.74, 6) is -2.54. The number of pyridine rings is 1. The first-order valence-electron chi connectivity index (χ1n) is 15.2. The Morgan fingerprint density at radius 2 is 1.54 bits per heavy atom. The van der Waals surface area contributed by atoms with E-state index in [0.29, 0.717) is 22.9 Å². The summed E-state index contributed by atoms with van der Waals surface area (Å²) >= 11 is 0. The molecular weight excluding hydrogens is 626 g/mol. The molecule has 0 atom stereocenters. The molecule has 0 saturated heterocycles. The molecule has 5 rings (SSSR count). The number of benzene rings is 4. The van der Waals surface area contributed by atoms with Gasteiger partial charge in [0.15, 0.2) is 0 Å². The number of carboxylic acids is 1. The van der Waals surface area contributed by atoms with E-state index < -0.39 is 41.5 Å². The number of carbonyl (C=O) groups excluding carboxylic acids is 1. The molecule has 0 aliphatic rings. The standard InChI is InChI=1S/C27H27F3N2O.C10H10FNO3/c1-17-8-5-11-20-19(17)10-6-12-21(20)24-25(27(28,29)30)22-16-18(9-7-15-31(2)3)13-14-23(22)32(4)26(24)33;1-6-3-2-4-7(11)9(6)10(15)12-5-8(13)14/h5-6,8,10-14,16H,7,9,15H2,1-4H3;2-4H,5H2,1H3,(H,12,15)(H,13,14). The lowest BCUT2D eigenvalue weighted by atomic mass is 9.91. The summed E-state index contributed by atoms with van der Waals surface area (Å²) in [7, 11) is 5.47. The molecule has 2 N–H and O–H groups in total. The molecule has 5 aromatic rings. The maximum absolute atomic E-state index is 14.6. The number of nitrogens with zero attached hydrogens (tertiary/aromatic N) is 2. The molecule has 1 aromatic heterocycles. The van der Waals surface area contributed by atoms with Crippen LogP contribution in [0.5, 0.6) is 0 Å². The Morgan fingerprint density at radius 1 is 0.896 bits per heavy atom. The Balaban J connectivity index is 0.000000291. The maximum Gasteiger partial charge on any atom is 0.417 e. The molecule has 4 aromatic carbocycles. The van der Waals surface area contributed by atoms with Gasteiger partial charge in [-0.2, -0.15) is 13.2 Å². The number of amides is 1. The monoisotopic (exact) mass is 663 g/mol. The average Bonchev–Trinajstić information content (AvgIpc) is 3.01. The van der Waals surface area contributed by atoms with Crippen LogP contribution in [0.4, 0.5) is 17.6 Å². The molecule has 1 heterocycles. The molecule has 0 unspecified atom stereocenters. The van der Waals surface area contributed by atoms with Crippen molar-refractivity contribution >= 4 is 33.6 Å². The molecule has 252 valence electrons. The first-order chi connectivity index (χ1) is 22.6. The van der Waals surface area contributed by atoms with Crippen LogP contribution in [-0.4, -0.2) is 53.6 Å². The number of alkyl halides is 3. The largest absolute Gasteiger partial charge is 0.480 e. The molecule has 0 spiro atoms. The first-order valence-corrected chi connectivity index (χ1v) is 15.2. The normalized spacial score (nSPS) is 11.5. The molecular formula is C37H37F4N3O4. The second-order valence-electron chi connectivity index (χ2n) is 11.9. The van der Waals surface area contributed by atoms with E-state index in [2.05, 4.69) is 5.32 Å². The summed E-state index contributed by atoms with van der Waals surface area (Å²) < 4.78 is 58.3. The van der Waals surface area contributed by atoms with Gasteiger partial charge in [0.1, 0.15) is 12.4 Å². The lowest BCUT2D eigenvalue weighted by Crippen LogP contribution is -2.30. The molecule has 1 amide bonds. The van der Waals surface area contributed by atoms with Crippen LogP contribution in [0.15, 0.2) is 77.6 Å². The number of aryl methyl sites for hydroxylation is 4. The fourth-order valence-corrected chi connectivity index (χ4v) is 5.74. The summed E-state index contributed by atoms with van der Waals surface area (Å²) in [6, 6.07) is 20.0. The van der Waals surface area contributed by atoms with E-state index in [1.165, 1.54) is 17.7 Å². The molecule has 0 fully saturated rings. The Kier molecular flexibility index (Phi) is 11.1. The number of aromatic nitrogens is 1. The van der Waals surface area contributed by atoms with E-state index in [0.717, 1.165) is 35.5 Å². The number of fused-ring (bicyclic) bond motifs is 2. The molecule has 0 bridgehead atoms. The van der Waals surface area contributed by atoms with Gasteiger partial charge in [0.25, 0.3) is 11.5 Å². The second kappa shape index (κ2) is 14.8. The number of aliphatic carboxylic acids is 1. The zero-order valence-corrected chi connectivity index (χ0v) is 27.3. The highest BCUT2D eigenvalue weighted by molar-refractivity contribution is 6.01. The Morgan fingerprint density at radius 3 is 2.19 bits per heavy atom. The number of nitrogens with one attached hydrogen (secondary N) is 1. The lowest BCUT2D eigenvalue weighted by Gasteiger charge is -2.20. The zero-order chi connectivity index (χ0) is 35.3. The molecule has 0 saturated carbocycles. The van der Waals surface area contributed by atoms with Crippen molar-refractivity contribution in [1.29, 1.82) is 0 Å². The smallest absolute Gasteiger partial charge is 0.417 e. The molecule has 7 nitrogen and oxygen atoms in total. The van der Waals surface area contributed by atoms with Gasteiger partial charge < -0.3 is 19.9 Å². The number of hydrogen-bond acceptors (Lipinski definition) is 4. The molecule has 0 aliphatic heterocycles. The minimum Gasteiger partial charge on any atom is -0.480 e. The van der Waals surface area contributed by atoms with Crippen molar-refractivity contribution in [2.75, 3.05) is 27.2 Å². The SMILES string of the molecule is Cc1cccc(F)c1C(=O)NCC(=O)O.Cc1cccc2c(-c3c(C(F)(F)F)c4cc(CCCN(C)C)ccc4n(C)c3=O)cccc12. The Bertz CT molecular complexity index is 2030. The van der Waals surface area contributed by atoms with Crippen LogP contribution in [0.25, 0.3) is 32.8 Å². The number of carbonyl (C=O) groups is 2. The first kappa shape index (κ1) is 35.8. The van der Waals surface area contributed by atoms with E-state index in [1.807, 2.05) is 50.2 Å². The summed E-state index contributed by atoms with van der Waals surface area (Å²) in [5.41, 5.74) is 0.925. The van der Waals surface area contributed by atoms with Crippen LogP contribution in [0.2, 0.25) is 0 Å². The third kappa shape index (κ3) is 7.91. The maximum atomic E-state index is 14.6. The predicted octanol–water partition coefficient (Wildman–Crippen LogP) is 7.13. The third-order valence-corrected chi connectivity index (χ3v) is 8.07. The average molecular weight is 664 g/mol. The van der Waals surface area contributed by atoms with Crippen molar-refractivity contribution in [1.82, 2.24) is 14.8 Å². The van der Waals surface area contributed by atoms with E-state index in [-0.39, 0.29) is 22.0 Å². The van der Waals surface area contributed by atoms with E-state index in [1.54, 1.807) is 43.3 Å². The number of halogens is 4. The summed E-state index contributed by atoms with van der Waals surface area (Å²) in [5, 5.41) is 12.0. The van der Waals surface area contributed by atoms with Crippen LogP contribution in [0, 0.1) is 19.7 Å². The molecule has 11 heteroatoms. The van der Waals surface area contributed by atoms with Crippen molar-refractivity contribution in [2.24, 2.45) is 7.05 Å². The summed E-state index contributed by atoms with van der Waals surface area (Å²) in [6.07, 6.45) is -3.19. The van der Waals surface area contributed by atoms with Gasteiger partial charge >= 0.3 is 12.1 Å². The van der Waals surface area contributed by atoms with Gasteiger partial charge in [-0.1, -0.05) is 54.6 Å². The Labute approximate surface area is 275 Å². The van der Waals surface area contributed by atoms with Gasteiger partial charge in [-0.3, -0.25) is 14.4 Å². The van der Waals surface area contributed by atoms with Gasteiger partial charge in [0, 0.05) is 12.4 Å². The lowest BCUT2D eigenvalue weighted by molar-refractivity contribution is -0.136. The van der Waals surface area contributed by atoms with Crippen molar-refractivity contribution < 1.29 is 32.3 Å². The Hall–Kier alpha value is -5.03. The molecule has 48 heavy (non-hydrogen) atoms. The van der Waals surface area contributed by atoms with E-state index in [4.69, 9.17) is 5.11 Å². The van der Waals surface area contributed by atoms with Crippen LogP contribution < -0.4 is 10.9 Å². The van der Waals surface area contributed by atoms with Crippen molar-refractivity contribution in [2.45, 2.75) is 32.9 Å². The van der Waals surface area contributed by atoms with Crippen LogP contribution in [0.3, 0.4) is 0 Å². The fourth-order valence-electron chi connectivity index (χ4n) is 5.74. The minimum absolute atomic E-state index is 0.0617. The van der Waals surface area contributed by atoms with Crippen molar-refractivity contribution in [3.8, 4) is 11.1 Å².